The minimum absolute atomic E-state index is 0.733. The highest BCUT2D eigenvalue weighted by Gasteiger charge is 2.11. The van der Waals surface area contributed by atoms with Crippen LogP contribution in [-0.2, 0) is 24.2 Å². The van der Waals surface area contributed by atoms with Gasteiger partial charge in [-0.25, -0.2) is 0 Å². The molecular formula is C11H15NO. The molecule has 2 nitrogen and oxygen atoms in total. The highest BCUT2D eigenvalue weighted by Crippen LogP contribution is 2.20. The predicted octanol–water partition coefficient (Wildman–Crippen LogP) is 1.26. The van der Waals surface area contributed by atoms with E-state index in [1.165, 1.54) is 16.7 Å². The second kappa shape index (κ2) is 3.90. The molecule has 0 bridgehead atoms. The first-order chi connectivity index (χ1) is 6.42. The van der Waals surface area contributed by atoms with Crippen LogP contribution in [-0.4, -0.2) is 13.2 Å². The summed E-state index contributed by atoms with van der Waals surface area (Å²) in [5.74, 6) is 0. The molecule has 2 heteroatoms. The number of hydrogen-bond donors (Lipinski definition) is 1. The number of rotatable bonds is 2. The third kappa shape index (κ3) is 1.74. The van der Waals surface area contributed by atoms with Crippen molar-refractivity contribution in [1.29, 1.82) is 0 Å². The number of nitrogens with two attached hydrogens (primary N) is 1. The van der Waals surface area contributed by atoms with Gasteiger partial charge in [0.25, 0.3) is 0 Å². The molecule has 0 spiro atoms. The normalized spacial score (nSPS) is 15.5. The molecular weight excluding hydrogens is 162 g/mol. The molecule has 2 rings (SSSR count). The summed E-state index contributed by atoms with van der Waals surface area (Å²) >= 11 is 0. The number of benzene rings is 1. The van der Waals surface area contributed by atoms with Crippen molar-refractivity contribution in [3.63, 3.8) is 0 Å². The third-order valence-electron chi connectivity index (χ3n) is 2.54. The van der Waals surface area contributed by atoms with Crippen LogP contribution < -0.4 is 5.73 Å². The number of fused-ring (bicyclic) bond motifs is 1. The first kappa shape index (κ1) is 8.73. The maximum atomic E-state index is 5.56. The summed E-state index contributed by atoms with van der Waals surface area (Å²) in [6.45, 7) is 2.36. The van der Waals surface area contributed by atoms with Crippen molar-refractivity contribution in [1.82, 2.24) is 0 Å². The van der Waals surface area contributed by atoms with Gasteiger partial charge in [-0.3, -0.25) is 0 Å². The molecule has 13 heavy (non-hydrogen) atoms. The summed E-state index contributed by atoms with van der Waals surface area (Å²) in [7, 11) is 0. The van der Waals surface area contributed by atoms with Crippen molar-refractivity contribution >= 4 is 0 Å². The SMILES string of the molecule is NCCc1cccc2c1CCOC2. The van der Waals surface area contributed by atoms with Gasteiger partial charge in [-0.05, 0) is 36.1 Å². The Morgan fingerprint density at radius 2 is 2.31 bits per heavy atom. The van der Waals surface area contributed by atoms with Gasteiger partial charge in [0.15, 0.2) is 0 Å². The van der Waals surface area contributed by atoms with Gasteiger partial charge in [-0.1, -0.05) is 18.2 Å². The maximum Gasteiger partial charge on any atom is 0.0719 e. The van der Waals surface area contributed by atoms with Crippen LogP contribution in [0.2, 0.25) is 0 Å². The van der Waals surface area contributed by atoms with Crippen molar-refractivity contribution in [3.05, 3.63) is 34.9 Å². The van der Waals surface area contributed by atoms with E-state index >= 15 is 0 Å². The Labute approximate surface area is 78.7 Å². The number of hydrogen-bond acceptors (Lipinski definition) is 2. The van der Waals surface area contributed by atoms with Crippen molar-refractivity contribution < 1.29 is 4.74 Å². The highest BCUT2D eigenvalue weighted by atomic mass is 16.5. The molecule has 2 N–H and O–H groups in total. The van der Waals surface area contributed by atoms with Gasteiger partial charge in [0.2, 0.25) is 0 Å². The van der Waals surface area contributed by atoms with Crippen molar-refractivity contribution in [3.8, 4) is 0 Å². The zero-order chi connectivity index (χ0) is 9.10. The Hall–Kier alpha value is -0.860. The second-order valence-electron chi connectivity index (χ2n) is 3.40. The Kier molecular flexibility index (Phi) is 2.62. The fourth-order valence-electron chi connectivity index (χ4n) is 1.89. The molecule has 0 unspecified atom stereocenters. The van der Waals surface area contributed by atoms with Crippen LogP contribution in [0.25, 0.3) is 0 Å². The van der Waals surface area contributed by atoms with Gasteiger partial charge in [0.05, 0.1) is 13.2 Å². The van der Waals surface area contributed by atoms with Gasteiger partial charge < -0.3 is 10.5 Å². The van der Waals surface area contributed by atoms with E-state index in [1.54, 1.807) is 0 Å². The molecule has 1 heterocycles. The molecule has 1 aliphatic heterocycles. The Morgan fingerprint density at radius 3 is 3.15 bits per heavy atom. The van der Waals surface area contributed by atoms with E-state index in [-0.39, 0.29) is 0 Å². The lowest BCUT2D eigenvalue weighted by atomic mass is 9.95. The van der Waals surface area contributed by atoms with Crippen LogP contribution in [0.5, 0.6) is 0 Å². The molecule has 70 valence electrons. The Balaban J connectivity index is 2.34. The maximum absolute atomic E-state index is 5.56. The smallest absolute Gasteiger partial charge is 0.0719 e. The molecule has 0 radical (unpaired) electrons. The lowest BCUT2D eigenvalue weighted by Crippen LogP contribution is -2.14. The average molecular weight is 177 g/mol. The van der Waals surface area contributed by atoms with Crippen molar-refractivity contribution in [2.24, 2.45) is 5.73 Å². The monoisotopic (exact) mass is 177 g/mol. The summed E-state index contributed by atoms with van der Waals surface area (Å²) in [4.78, 5) is 0. The van der Waals surface area contributed by atoms with Gasteiger partial charge in [0, 0.05) is 0 Å². The van der Waals surface area contributed by atoms with Crippen LogP contribution in [0.1, 0.15) is 16.7 Å². The van der Waals surface area contributed by atoms with Gasteiger partial charge in [-0.15, -0.1) is 0 Å². The summed E-state index contributed by atoms with van der Waals surface area (Å²) in [6.07, 6.45) is 2.04. The van der Waals surface area contributed by atoms with Crippen LogP contribution in [0, 0.1) is 0 Å². The van der Waals surface area contributed by atoms with Gasteiger partial charge >= 0.3 is 0 Å². The standard InChI is InChI=1S/C11H15NO/c12-6-4-9-2-1-3-10-8-13-7-5-11(9)10/h1-3H,4-8,12H2. The zero-order valence-electron chi connectivity index (χ0n) is 7.75. The van der Waals surface area contributed by atoms with Crippen molar-refractivity contribution in [2.45, 2.75) is 19.4 Å². The van der Waals surface area contributed by atoms with Gasteiger partial charge in [0.1, 0.15) is 0 Å². The molecule has 1 aromatic carbocycles. The molecule has 0 fully saturated rings. The number of ether oxygens (including phenoxy) is 1. The Morgan fingerprint density at radius 1 is 1.38 bits per heavy atom. The van der Waals surface area contributed by atoms with Crippen LogP contribution in [0.3, 0.4) is 0 Å². The quantitative estimate of drug-likeness (QED) is 0.738. The summed E-state index contributed by atoms with van der Waals surface area (Å²) in [5, 5.41) is 0. The summed E-state index contributed by atoms with van der Waals surface area (Å²) in [6, 6.07) is 6.42. The van der Waals surface area contributed by atoms with E-state index in [1.807, 2.05) is 0 Å². The van der Waals surface area contributed by atoms with E-state index in [0.717, 1.165) is 32.6 Å². The largest absolute Gasteiger partial charge is 0.376 e. The Bertz CT molecular complexity index is 296. The van der Waals surface area contributed by atoms with E-state index in [4.69, 9.17) is 10.5 Å². The van der Waals surface area contributed by atoms with E-state index in [9.17, 15) is 0 Å². The molecule has 0 aromatic heterocycles. The first-order valence-electron chi connectivity index (χ1n) is 4.79. The van der Waals surface area contributed by atoms with Crippen LogP contribution >= 0.6 is 0 Å². The average Bonchev–Trinajstić information content (AvgIpc) is 2.19. The second-order valence-corrected chi connectivity index (χ2v) is 3.40. The van der Waals surface area contributed by atoms with E-state index < -0.39 is 0 Å². The van der Waals surface area contributed by atoms with Crippen molar-refractivity contribution in [2.75, 3.05) is 13.2 Å². The van der Waals surface area contributed by atoms with Crippen LogP contribution in [0.4, 0.5) is 0 Å². The lowest BCUT2D eigenvalue weighted by Gasteiger charge is -2.19. The summed E-state index contributed by atoms with van der Waals surface area (Å²) < 4.78 is 5.40. The molecule has 1 aromatic rings. The third-order valence-corrected chi connectivity index (χ3v) is 2.54. The zero-order valence-corrected chi connectivity index (χ0v) is 7.75. The molecule has 0 saturated carbocycles. The first-order valence-corrected chi connectivity index (χ1v) is 4.79. The molecule has 0 aliphatic carbocycles. The molecule has 0 saturated heterocycles. The molecule has 1 aliphatic rings. The fourth-order valence-corrected chi connectivity index (χ4v) is 1.89. The minimum atomic E-state index is 0.733. The van der Waals surface area contributed by atoms with E-state index in [2.05, 4.69) is 18.2 Å². The summed E-state index contributed by atoms with van der Waals surface area (Å²) in [5.41, 5.74) is 9.78. The van der Waals surface area contributed by atoms with Gasteiger partial charge in [-0.2, -0.15) is 0 Å². The highest BCUT2D eigenvalue weighted by molar-refractivity contribution is 5.36. The molecule has 0 amide bonds. The lowest BCUT2D eigenvalue weighted by molar-refractivity contribution is 0.110. The topological polar surface area (TPSA) is 35.2 Å². The van der Waals surface area contributed by atoms with E-state index in [0.29, 0.717) is 0 Å². The van der Waals surface area contributed by atoms with Crippen LogP contribution in [0.15, 0.2) is 18.2 Å². The fraction of sp³-hybridized carbons (Fsp3) is 0.455. The molecule has 0 atom stereocenters. The predicted molar refractivity (Wildman–Crippen MR) is 52.6 cm³/mol. The minimum Gasteiger partial charge on any atom is -0.376 e.